The molecule has 1 heterocycles. The van der Waals surface area contributed by atoms with Crippen molar-refractivity contribution in [3.8, 4) is 5.75 Å². The largest absolute Gasteiger partial charge is 0.483 e. The number of Topliss-reactive ketones (excluding diaryl/α,β-unsaturated/α-hetero) is 1. The molecule has 1 N–H and O–H groups in total. The first-order valence-corrected chi connectivity index (χ1v) is 7.85. The van der Waals surface area contributed by atoms with Crippen LogP contribution in [0.25, 0.3) is 0 Å². The third-order valence-corrected chi connectivity index (χ3v) is 3.60. The molecule has 2 rings (SSSR count). The maximum atomic E-state index is 13.3. The summed E-state index contributed by atoms with van der Waals surface area (Å²) in [5, 5.41) is 7.06. The van der Waals surface area contributed by atoms with Crippen molar-refractivity contribution in [1.82, 2.24) is 9.78 Å². The topological polar surface area (TPSA) is 73.2 Å². The minimum Gasteiger partial charge on any atom is -0.483 e. The Morgan fingerprint density at radius 3 is 2.52 bits per heavy atom. The number of ketones is 1. The van der Waals surface area contributed by atoms with Crippen molar-refractivity contribution in [2.24, 2.45) is 7.05 Å². The second kappa shape index (κ2) is 7.04. The fraction of sp³-hybridized carbons (Fsp3) is 0.389. The molecule has 1 amide bonds. The Bertz CT molecular complexity index is 806. The van der Waals surface area contributed by atoms with Crippen LogP contribution in [0.3, 0.4) is 0 Å². The van der Waals surface area contributed by atoms with Gasteiger partial charge in [0.15, 0.2) is 12.4 Å². The van der Waals surface area contributed by atoms with Crippen molar-refractivity contribution in [1.29, 1.82) is 0 Å². The molecular formula is C18H22FN3O3. The molecule has 1 aromatic carbocycles. The van der Waals surface area contributed by atoms with Crippen molar-refractivity contribution >= 4 is 17.5 Å². The van der Waals surface area contributed by atoms with E-state index in [1.165, 1.54) is 19.1 Å². The number of benzene rings is 1. The lowest BCUT2D eigenvalue weighted by atomic mass is 9.92. The molecule has 25 heavy (non-hydrogen) atoms. The van der Waals surface area contributed by atoms with Gasteiger partial charge in [-0.05, 0) is 19.1 Å². The average molecular weight is 347 g/mol. The van der Waals surface area contributed by atoms with E-state index in [9.17, 15) is 14.0 Å². The Morgan fingerprint density at radius 1 is 1.28 bits per heavy atom. The number of ether oxygens (including phenoxy) is 1. The Morgan fingerprint density at radius 2 is 1.96 bits per heavy atom. The van der Waals surface area contributed by atoms with Gasteiger partial charge in [-0.3, -0.25) is 14.3 Å². The zero-order chi connectivity index (χ0) is 18.8. The number of carbonyl (C=O) groups excluding carboxylic acids is 2. The van der Waals surface area contributed by atoms with Crippen LogP contribution >= 0.6 is 0 Å². The van der Waals surface area contributed by atoms with E-state index in [0.29, 0.717) is 5.82 Å². The highest BCUT2D eigenvalue weighted by atomic mass is 19.1. The molecule has 0 saturated carbocycles. The van der Waals surface area contributed by atoms with Crippen molar-refractivity contribution in [2.75, 3.05) is 11.9 Å². The van der Waals surface area contributed by atoms with Crippen molar-refractivity contribution in [2.45, 2.75) is 33.1 Å². The van der Waals surface area contributed by atoms with Gasteiger partial charge in [-0.15, -0.1) is 0 Å². The first-order chi connectivity index (χ1) is 11.6. The first-order valence-electron chi connectivity index (χ1n) is 7.85. The van der Waals surface area contributed by atoms with E-state index in [-0.39, 0.29) is 29.1 Å². The summed E-state index contributed by atoms with van der Waals surface area (Å²) in [6.45, 7) is 7.08. The van der Waals surface area contributed by atoms with E-state index >= 15 is 0 Å². The molecule has 2 aromatic rings. The van der Waals surface area contributed by atoms with Crippen LogP contribution < -0.4 is 10.1 Å². The Labute approximate surface area is 146 Å². The summed E-state index contributed by atoms with van der Waals surface area (Å²) in [6, 6.07) is 5.39. The summed E-state index contributed by atoms with van der Waals surface area (Å²) in [5.41, 5.74) is 0.926. The third-order valence-electron chi connectivity index (χ3n) is 3.60. The van der Waals surface area contributed by atoms with Crippen LogP contribution in [0.15, 0.2) is 24.3 Å². The van der Waals surface area contributed by atoms with Gasteiger partial charge in [0.25, 0.3) is 5.91 Å². The number of halogens is 1. The number of hydrogen-bond donors (Lipinski definition) is 1. The van der Waals surface area contributed by atoms with Crippen LogP contribution in [0.1, 0.15) is 43.7 Å². The monoisotopic (exact) mass is 347 g/mol. The lowest BCUT2D eigenvalue weighted by Crippen LogP contribution is -2.22. The molecule has 134 valence electrons. The van der Waals surface area contributed by atoms with Gasteiger partial charge in [-0.25, -0.2) is 4.39 Å². The second-order valence-electron chi connectivity index (χ2n) is 6.82. The number of aryl methyl sites for hydroxylation is 1. The molecule has 0 fully saturated rings. The highest BCUT2D eigenvalue weighted by Crippen LogP contribution is 2.24. The van der Waals surface area contributed by atoms with E-state index in [4.69, 9.17) is 4.74 Å². The maximum Gasteiger partial charge on any atom is 0.263 e. The number of nitrogens with one attached hydrogen (secondary N) is 1. The molecule has 0 saturated heterocycles. The Kier molecular flexibility index (Phi) is 5.25. The zero-order valence-electron chi connectivity index (χ0n) is 15.0. The number of amides is 1. The molecule has 7 heteroatoms. The van der Waals surface area contributed by atoms with Crippen LogP contribution in [-0.2, 0) is 17.3 Å². The summed E-state index contributed by atoms with van der Waals surface area (Å²) in [7, 11) is 1.73. The lowest BCUT2D eigenvalue weighted by Gasteiger charge is -2.13. The van der Waals surface area contributed by atoms with Crippen LogP contribution in [0, 0.1) is 5.82 Å². The molecule has 0 aliphatic rings. The minimum absolute atomic E-state index is 0.0445. The third kappa shape index (κ3) is 4.65. The molecule has 0 bridgehead atoms. The van der Waals surface area contributed by atoms with E-state index in [2.05, 4.69) is 10.4 Å². The van der Waals surface area contributed by atoms with Gasteiger partial charge in [-0.1, -0.05) is 20.8 Å². The zero-order valence-corrected chi connectivity index (χ0v) is 15.0. The maximum absolute atomic E-state index is 13.3. The number of rotatable bonds is 5. The number of anilines is 1. The smallest absolute Gasteiger partial charge is 0.263 e. The van der Waals surface area contributed by atoms with Gasteiger partial charge in [0, 0.05) is 24.6 Å². The summed E-state index contributed by atoms with van der Waals surface area (Å²) in [4.78, 5) is 23.6. The summed E-state index contributed by atoms with van der Waals surface area (Å²) in [5.74, 6) is -0.659. The molecule has 0 spiro atoms. The van der Waals surface area contributed by atoms with Crippen molar-refractivity contribution in [3.63, 3.8) is 0 Å². The predicted octanol–water partition coefficient (Wildman–Crippen LogP) is 3.08. The van der Waals surface area contributed by atoms with Crippen molar-refractivity contribution in [3.05, 3.63) is 41.3 Å². The van der Waals surface area contributed by atoms with E-state index in [0.717, 1.165) is 11.8 Å². The van der Waals surface area contributed by atoms with Crippen LogP contribution in [0.2, 0.25) is 0 Å². The number of nitrogens with zero attached hydrogens (tertiary/aromatic N) is 2. The van der Waals surface area contributed by atoms with Gasteiger partial charge < -0.3 is 10.1 Å². The first kappa shape index (κ1) is 18.6. The second-order valence-corrected chi connectivity index (χ2v) is 6.82. The molecule has 0 aliphatic carbocycles. The fourth-order valence-corrected chi connectivity index (χ4v) is 2.18. The molecule has 0 aliphatic heterocycles. The molecule has 0 radical (unpaired) electrons. The van der Waals surface area contributed by atoms with Gasteiger partial charge in [0.1, 0.15) is 17.4 Å². The number of aromatic nitrogens is 2. The normalized spacial score (nSPS) is 11.3. The molecule has 0 atom stereocenters. The Hall–Kier alpha value is -2.70. The van der Waals surface area contributed by atoms with Crippen LogP contribution in [0.4, 0.5) is 10.2 Å². The molecule has 1 aromatic heterocycles. The number of carbonyl (C=O) groups is 2. The standard InChI is InChI=1S/C18H22FN3O3/c1-11(23)13-7-6-12(19)8-14(13)25-10-17(24)20-16-9-15(18(2,3)4)21-22(16)5/h6-9H,10H2,1-5H3,(H,20,24). The average Bonchev–Trinajstić information content (AvgIpc) is 2.86. The summed E-state index contributed by atoms with van der Waals surface area (Å²) >= 11 is 0. The van der Waals surface area contributed by atoms with Gasteiger partial charge in [0.05, 0.1) is 11.3 Å². The van der Waals surface area contributed by atoms with E-state index < -0.39 is 11.7 Å². The fourth-order valence-electron chi connectivity index (χ4n) is 2.18. The van der Waals surface area contributed by atoms with E-state index in [1.54, 1.807) is 17.8 Å². The molecule has 0 unspecified atom stereocenters. The van der Waals surface area contributed by atoms with Gasteiger partial charge >= 0.3 is 0 Å². The SMILES string of the molecule is CC(=O)c1ccc(F)cc1OCC(=O)Nc1cc(C(C)(C)C)nn1C. The van der Waals surface area contributed by atoms with Gasteiger partial charge in [0.2, 0.25) is 0 Å². The minimum atomic E-state index is -0.540. The van der Waals surface area contributed by atoms with Crippen molar-refractivity contribution < 1.29 is 18.7 Å². The molecule has 6 nitrogen and oxygen atoms in total. The summed E-state index contributed by atoms with van der Waals surface area (Å²) in [6.07, 6.45) is 0. The highest BCUT2D eigenvalue weighted by molar-refractivity contribution is 5.97. The van der Waals surface area contributed by atoms with E-state index in [1.807, 2.05) is 20.8 Å². The number of hydrogen-bond acceptors (Lipinski definition) is 4. The van der Waals surface area contributed by atoms with Crippen LogP contribution in [-0.4, -0.2) is 28.1 Å². The quantitative estimate of drug-likeness (QED) is 0.844. The Balaban J connectivity index is 2.06. The molecular weight excluding hydrogens is 325 g/mol. The predicted molar refractivity (Wildman–Crippen MR) is 92.4 cm³/mol. The highest BCUT2D eigenvalue weighted by Gasteiger charge is 2.20. The summed E-state index contributed by atoms with van der Waals surface area (Å²) < 4.78 is 20.2. The lowest BCUT2D eigenvalue weighted by molar-refractivity contribution is -0.118. The van der Waals surface area contributed by atoms with Gasteiger partial charge in [-0.2, -0.15) is 5.10 Å². The van der Waals surface area contributed by atoms with Crippen LogP contribution in [0.5, 0.6) is 5.75 Å².